The average molecular weight is 530 g/mol. The van der Waals surface area contributed by atoms with Crippen molar-refractivity contribution in [2.75, 3.05) is 51.8 Å². The highest BCUT2D eigenvalue weighted by Crippen LogP contribution is 2.26. The first-order valence-corrected chi connectivity index (χ1v) is 11.2. The van der Waals surface area contributed by atoms with Gasteiger partial charge in [-0.15, -0.1) is 24.0 Å². The Bertz CT molecular complexity index is 635. The molecular formula is C23H39IN4O2. The number of halogens is 1. The van der Waals surface area contributed by atoms with Crippen LogP contribution in [0.3, 0.4) is 0 Å². The van der Waals surface area contributed by atoms with Crippen LogP contribution in [0.15, 0.2) is 29.3 Å². The maximum Gasteiger partial charge on any atom is 0.191 e. The number of nitrogens with zero attached hydrogens (tertiary/aromatic N) is 2. The number of rotatable bonds is 8. The molecular weight excluding hydrogens is 491 g/mol. The molecule has 170 valence electrons. The van der Waals surface area contributed by atoms with Gasteiger partial charge in [0, 0.05) is 45.0 Å². The van der Waals surface area contributed by atoms with Crippen LogP contribution >= 0.6 is 24.0 Å². The third-order valence-electron chi connectivity index (χ3n) is 6.04. The SMILES string of the molecule is CN=C(NCCOC1CCCCCC1)NCC1CCN(c2cccc(OC)c2)C1.I. The Morgan fingerprint density at radius 3 is 2.67 bits per heavy atom. The number of benzene rings is 1. The van der Waals surface area contributed by atoms with E-state index >= 15 is 0 Å². The minimum atomic E-state index is 0. The fourth-order valence-electron chi connectivity index (χ4n) is 4.31. The molecule has 1 aromatic rings. The molecule has 0 aromatic heterocycles. The number of hydrogen-bond donors (Lipinski definition) is 2. The number of hydrogen-bond acceptors (Lipinski definition) is 4. The summed E-state index contributed by atoms with van der Waals surface area (Å²) in [6.45, 7) is 4.63. The van der Waals surface area contributed by atoms with Crippen LogP contribution in [0.4, 0.5) is 5.69 Å². The summed E-state index contributed by atoms with van der Waals surface area (Å²) < 4.78 is 11.4. The first-order valence-electron chi connectivity index (χ1n) is 11.2. The van der Waals surface area contributed by atoms with E-state index in [-0.39, 0.29) is 24.0 Å². The minimum absolute atomic E-state index is 0. The zero-order valence-corrected chi connectivity index (χ0v) is 20.9. The van der Waals surface area contributed by atoms with Gasteiger partial charge in [0.15, 0.2) is 5.96 Å². The molecule has 7 heteroatoms. The third-order valence-corrected chi connectivity index (χ3v) is 6.04. The second-order valence-electron chi connectivity index (χ2n) is 8.17. The Morgan fingerprint density at radius 1 is 1.13 bits per heavy atom. The molecule has 1 atom stereocenters. The molecule has 1 aliphatic carbocycles. The van der Waals surface area contributed by atoms with Gasteiger partial charge in [0.05, 0.1) is 19.8 Å². The van der Waals surface area contributed by atoms with Crippen LogP contribution in [0.25, 0.3) is 0 Å². The second-order valence-corrected chi connectivity index (χ2v) is 8.17. The van der Waals surface area contributed by atoms with Gasteiger partial charge in [-0.2, -0.15) is 0 Å². The summed E-state index contributed by atoms with van der Waals surface area (Å²) in [6.07, 6.45) is 9.44. The summed E-state index contributed by atoms with van der Waals surface area (Å²) in [5.41, 5.74) is 1.24. The number of nitrogens with one attached hydrogen (secondary N) is 2. The van der Waals surface area contributed by atoms with E-state index in [1.807, 2.05) is 13.1 Å². The normalized spacial score (nSPS) is 20.4. The molecule has 1 saturated carbocycles. The maximum absolute atomic E-state index is 6.06. The highest BCUT2D eigenvalue weighted by molar-refractivity contribution is 14.0. The molecule has 3 rings (SSSR count). The summed E-state index contributed by atoms with van der Waals surface area (Å²) in [7, 11) is 3.55. The Kier molecular flexibility index (Phi) is 11.7. The lowest BCUT2D eigenvalue weighted by atomic mass is 10.1. The van der Waals surface area contributed by atoms with Crippen molar-refractivity contribution < 1.29 is 9.47 Å². The molecule has 30 heavy (non-hydrogen) atoms. The monoisotopic (exact) mass is 530 g/mol. The van der Waals surface area contributed by atoms with Crippen molar-refractivity contribution in [2.45, 2.75) is 51.0 Å². The number of guanidine groups is 1. The lowest BCUT2D eigenvalue weighted by molar-refractivity contribution is 0.0468. The first-order chi connectivity index (χ1) is 14.3. The van der Waals surface area contributed by atoms with Crippen LogP contribution in [-0.4, -0.2) is 59.0 Å². The maximum atomic E-state index is 6.06. The number of ether oxygens (including phenoxy) is 2. The van der Waals surface area contributed by atoms with E-state index in [0.717, 1.165) is 44.5 Å². The molecule has 1 saturated heterocycles. The van der Waals surface area contributed by atoms with E-state index in [2.05, 4.69) is 38.7 Å². The van der Waals surface area contributed by atoms with Gasteiger partial charge < -0.3 is 25.0 Å². The fourth-order valence-corrected chi connectivity index (χ4v) is 4.31. The van der Waals surface area contributed by atoms with Crippen LogP contribution in [-0.2, 0) is 4.74 Å². The van der Waals surface area contributed by atoms with Crippen LogP contribution < -0.4 is 20.3 Å². The number of methoxy groups -OCH3 is 1. The molecule has 6 nitrogen and oxygen atoms in total. The van der Waals surface area contributed by atoms with E-state index in [9.17, 15) is 0 Å². The summed E-state index contributed by atoms with van der Waals surface area (Å²) in [6, 6.07) is 8.33. The minimum Gasteiger partial charge on any atom is -0.497 e. The van der Waals surface area contributed by atoms with Gasteiger partial charge in [-0.05, 0) is 37.3 Å². The quantitative estimate of drug-likeness (QED) is 0.175. The molecule has 1 heterocycles. The van der Waals surface area contributed by atoms with Gasteiger partial charge in [-0.1, -0.05) is 31.7 Å². The largest absolute Gasteiger partial charge is 0.497 e. The highest BCUT2D eigenvalue weighted by atomic mass is 127. The Balaban J connectivity index is 0.00000320. The highest BCUT2D eigenvalue weighted by Gasteiger charge is 2.23. The molecule has 2 aliphatic rings. The van der Waals surface area contributed by atoms with Gasteiger partial charge in [0.1, 0.15) is 5.75 Å². The van der Waals surface area contributed by atoms with Gasteiger partial charge in [0.2, 0.25) is 0 Å². The van der Waals surface area contributed by atoms with Crippen molar-refractivity contribution in [2.24, 2.45) is 10.9 Å². The van der Waals surface area contributed by atoms with Crippen LogP contribution in [0.2, 0.25) is 0 Å². The number of anilines is 1. The van der Waals surface area contributed by atoms with Crippen LogP contribution in [0.1, 0.15) is 44.9 Å². The summed E-state index contributed by atoms with van der Waals surface area (Å²) in [5.74, 6) is 2.40. The van der Waals surface area contributed by atoms with Crippen LogP contribution in [0, 0.1) is 5.92 Å². The van der Waals surface area contributed by atoms with Gasteiger partial charge >= 0.3 is 0 Å². The molecule has 0 spiro atoms. The van der Waals surface area contributed by atoms with E-state index in [0.29, 0.717) is 12.0 Å². The second kappa shape index (κ2) is 14.0. The van der Waals surface area contributed by atoms with E-state index < -0.39 is 0 Å². The molecule has 1 aromatic carbocycles. The van der Waals surface area contributed by atoms with Crippen molar-refractivity contribution in [3.8, 4) is 5.75 Å². The number of aliphatic imine (C=N–C) groups is 1. The molecule has 1 unspecified atom stereocenters. The summed E-state index contributed by atoms with van der Waals surface area (Å²) >= 11 is 0. The van der Waals surface area contributed by atoms with Crippen molar-refractivity contribution >= 4 is 35.6 Å². The van der Waals surface area contributed by atoms with Gasteiger partial charge in [-0.3, -0.25) is 4.99 Å². The third kappa shape index (κ3) is 8.13. The average Bonchev–Trinajstić information content (AvgIpc) is 3.09. The fraction of sp³-hybridized carbons (Fsp3) is 0.696. The molecule has 1 aliphatic heterocycles. The van der Waals surface area contributed by atoms with Crippen LogP contribution in [0.5, 0.6) is 5.75 Å². The van der Waals surface area contributed by atoms with Gasteiger partial charge in [-0.25, -0.2) is 0 Å². The topological polar surface area (TPSA) is 58.1 Å². The van der Waals surface area contributed by atoms with Crippen molar-refractivity contribution in [1.29, 1.82) is 0 Å². The molecule has 0 amide bonds. The van der Waals surface area contributed by atoms with E-state index in [1.165, 1.54) is 50.6 Å². The molecule has 2 fully saturated rings. The molecule has 2 N–H and O–H groups in total. The first kappa shape index (κ1) is 25.0. The summed E-state index contributed by atoms with van der Waals surface area (Å²) in [4.78, 5) is 6.79. The zero-order valence-electron chi connectivity index (χ0n) is 18.6. The predicted octanol–water partition coefficient (Wildman–Crippen LogP) is 4.04. The lowest BCUT2D eigenvalue weighted by Crippen LogP contribution is -2.41. The van der Waals surface area contributed by atoms with Gasteiger partial charge in [0.25, 0.3) is 0 Å². The Hall–Kier alpha value is -1.22. The predicted molar refractivity (Wildman–Crippen MR) is 136 cm³/mol. The Morgan fingerprint density at radius 2 is 1.93 bits per heavy atom. The van der Waals surface area contributed by atoms with Crippen molar-refractivity contribution in [1.82, 2.24) is 10.6 Å². The zero-order chi connectivity index (χ0) is 20.3. The smallest absolute Gasteiger partial charge is 0.191 e. The standard InChI is InChI=1S/C23H38N4O2.HI/c1-24-23(25-13-15-29-21-9-5-3-4-6-10-21)26-17-19-12-14-27(18-19)20-8-7-11-22(16-20)28-2;/h7-8,11,16,19,21H,3-6,9-10,12-15,17-18H2,1-2H3,(H2,24,25,26);1H. The van der Waals surface area contributed by atoms with E-state index in [4.69, 9.17) is 9.47 Å². The van der Waals surface area contributed by atoms with Crippen molar-refractivity contribution in [3.05, 3.63) is 24.3 Å². The Labute approximate surface area is 199 Å². The summed E-state index contributed by atoms with van der Waals surface area (Å²) in [5, 5.41) is 6.88. The van der Waals surface area contributed by atoms with E-state index in [1.54, 1.807) is 7.11 Å². The van der Waals surface area contributed by atoms with Crippen molar-refractivity contribution in [3.63, 3.8) is 0 Å². The molecule has 0 bridgehead atoms. The lowest BCUT2D eigenvalue weighted by Gasteiger charge is -2.20. The molecule has 0 radical (unpaired) electrons.